The molecule has 0 saturated carbocycles. The van der Waals surface area contributed by atoms with Crippen molar-refractivity contribution in [3.63, 3.8) is 0 Å². The van der Waals surface area contributed by atoms with Crippen LogP contribution in [-0.2, 0) is 13.6 Å². The zero-order chi connectivity index (χ0) is 13.4. The fraction of sp³-hybridized carbons (Fsp3) is 1.00. The zero-order valence-electron chi connectivity index (χ0n) is 6.64. The lowest BCUT2D eigenvalue weighted by atomic mass is 10.6. The third-order valence-electron chi connectivity index (χ3n) is 0.779. The normalized spacial score (nSPS) is 18.3. The fourth-order valence-electron chi connectivity index (χ4n) is 0.346. The van der Waals surface area contributed by atoms with Gasteiger partial charge in [0.25, 0.3) is 0 Å². The number of phosphoric ester groups is 1. The van der Waals surface area contributed by atoms with Gasteiger partial charge in [0.2, 0.25) is 0 Å². The summed E-state index contributed by atoms with van der Waals surface area (Å²) < 4.78 is 106. The van der Waals surface area contributed by atoms with E-state index in [9.17, 15) is 39.7 Å². The Labute approximate surface area is 81.4 Å². The molecule has 13 heteroatoms. The molecule has 0 fully saturated rings. The molecule has 1 N–H and O–H groups in total. The van der Waals surface area contributed by atoms with Crippen LogP contribution in [0.25, 0.3) is 0 Å². The van der Waals surface area contributed by atoms with Crippen LogP contribution in [-0.4, -0.2) is 23.5 Å². The minimum Gasteiger partial charge on any atom is -0.302 e. The van der Waals surface area contributed by atoms with Gasteiger partial charge in [0, 0.05) is 0 Å². The molecular weight excluding hydrogens is 283 g/mol. The smallest absolute Gasteiger partial charge is 0.302 e. The van der Waals surface area contributed by atoms with Crippen molar-refractivity contribution in [1.82, 2.24) is 0 Å². The van der Waals surface area contributed by atoms with Crippen LogP contribution < -0.4 is 0 Å². The summed E-state index contributed by atoms with van der Waals surface area (Å²) in [5, 5.41) is 0. The maximum absolute atomic E-state index is 11.9. The molecule has 0 aromatic heterocycles. The van der Waals surface area contributed by atoms with Gasteiger partial charge in [-0.05, 0) is 0 Å². The zero-order valence-corrected chi connectivity index (χ0v) is 7.54. The molecule has 0 aromatic rings. The van der Waals surface area contributed by atoms with Gasteiger partial charge in [0.15, 0.2) is 0 Å². The number of hydrogen-bond acceptors (Lipinski definition) is 3. The monoisotopic (exact) mass is 284 g/mol. The van der Waals surface area contributed by atoms with E-state index in [4.69, 9.17) is 4.89 Å². The summed E-state index contributed by atoms with van der Waals surface area (Å²) in [6.45, 7) is 0. The Kier molecular flexibility index (Phi) is 3.98. The van der Waals surface area contributed by atoms with Crippen LogP contribution in [0.2, 0.25) is 0 Å². The van der Waals surface area contributed by atoms with Gasteiger partial charge in [-0.15, -0.1) is 13.2 Å². The number of rotatable bonds is 3. The highest BCUT2D eigenvalue weighted by Gasteiger charge is 2.64. The Hall–Kier alpha value is -0.450. The molecule has 0 rings (SSSR count). The maximum Gasteiger partial charge on any atom is 0.531 e. The van der Waals surface area contributed by atoms with Gasteiger partial charge in [-0.1, -0.05) is 0 Å². The second kappa shape index (κ2) is 4.09. The van der Waals surface area contributed by atoms with Crippen molar-refractivity contribution >= 4 is 7.82 Å². The Bertz CT molecular complexity index is 293. The lowest BCUT2D eigenvalue weighted by Crippen LogP contribution is -2.38. The molecule has 16 heavy (non-hydrogen) atoms. The topological polar surface area (TPSA) is 55.8 Å². The molecule has 0 aliphatic rings. The van der Waals surface area contributed by atoms with E-state index in [1.54, 1.807) is 0 Å². The van der Waals surface area contributed by atoms with Crippen LogP contribution in [0.3, 0.4) is 0 Å². The highest BCUT2D eigenvalue weighted by molar-refractivity contribution is 7.47. The summed E-state index contributed by atoms with van der Waals surface area (Å²) in [6, 6.07) is 0. The molecule has 0 aromatic carbocycles. The van der Waals surface area contributed by atoms with Gasteiger partial charge >= 0.3 is 26.5 Å². The summed E-state index contributed by atoms with van der Waals surface area (Å²) in [5.74, 6) is 0. The van der Waals surface area contributed by atoms with Crippen LogP contribution in [0.1, 0.15) is 0 Å². The summed E-state index contributed by atoms with van der Waals surface area (Å²) in [4.78, 5) is 7.96. The minimum absolute atomic E-state index is 2.07. The number of alkyl halides is 8. The summed E-state index contributed by atoms with van der Waals surface area (Å²) in [5.41, 5.74) is 0. The molecule has 0 spiro atoms. The van der Waals surface area contributed by atoms with E-state index in [1.807, 2.05) is 0 Å². The van der Waals surface area contributed by atoms with E-state index in [0.717, 1.165) is 0 Å². The Morgan fingerprint density at radius 3 is 1.50 bits per heavy atom. The van der Waals surface area contributed by atoms with Gasteiger partial charge in [-0.2, -0.15) is 26.5 Å². The Balaban J connectivity index is 4.79. The van der Waals surface area contributed by atoms with Crippen molar-refractivity contribution in [2.75, 3.05) is 0 Å². The molecule has 4 nitrogen and oxygen atoms in total. The van der Waals surface area contributed by atoms with Crippen molar-refractivity contribution in [1.29, 1.82) is 0 Å². The van der Waals surface area contributed by atoms with Crippen molar-refractivity contribution in [3.05, 3.63) is 0 Å². The molecule has 0 aliphatic carbocycles. The average Bonchev–Trinajstić information content (AvgIpc) is 1.72. The summed E-state index contributed by atoms with van der Waals surface area (Å²) in [7, 11) is -6.63. The molecule has 0 saturated heterocycles. The van der Waals surface area contributed by atoms with E-state index in [2.05, 4.69) is 9.05 Å². The molecule has 98 valence electrons. The predicted octanol–water partition coefficient (Wildman–Crippen LogP) is 2.79. The highest BCUT2D eigenvalue weighted by Crippen LogP contribution is 2.55. The van der Waals surface area contributed by atoms with Gasteiger partial charge < -0.3 is 4.89 Å². The largest absolute Gasteiger partial charge is 0.531 e. The van der Waals surface area contributed by atoms with Gasteiger partial charge in [0.1, 0.15) is 0 Å². The van der Waals surface area contributed by atoms with Crippen LogP contribution in [0, 0.1) is 0 Å². The van der Waals surface area contributed by atoms with Crippen molar-refractivity contribution in [3.8, 4) is 0 Å². The first kappa shape index (κ1) is 15.6. The van der Waals surface area contributed by atoms with Crippen LogP contribution >= 0.6 is 7.82 Å². The summed E-state index contributed by atoms with van der Waals surface area (Å²) >= 11 is 0. The van der Waals surface area contributed by atoms with E-state index < -0.39 is 26.5 Å². The molecule has 0 amide bonds. The number of phosphoric acid groups is 1. The van der Waals surface area contributed by atoms with Crippen molar-refractivity contribution in [2.24, 2.45) is 0 Å². The molecule has 0 radical (unpaired) electrons. The minimum atomic E-state index is -6.63. The van der Waals surface area contributed by atoms with Gasteiger partial charge in [-0.25, -0.2) is 9.09 Å². The first-order valence-corrected chi connectivity index (χ1v) is 4.41. The first-order valence-electron chi connectivity index (χ1n) is 2.92. The lowest BCUT2D eigenvalue weighted by molar-refractivity contribution is -0.371. The second-order valence-electron chi connectivity index (χ2n) is 2.11. The molecule has 1 atom stereocenters. The van der Waals surface area contributed by atoms with E-state index in [0.29, 0.717) is 0 Å². The van der Waals surface area contributed by atoms with Gasteiger partial charge in [0.05, 0.1) is 0 Å². The molecule has 0 heterocycles. The predicted molar refractivity (Wildman–Crippen MR) is 29.1 cm³/mol. The molecule has 0 bridgehead atoms. The summed E-state index contributed by atoms with van der Waals surface area (Å²) in [6.07, 6.45) is -18.6. The van der Waals surface area contributed by atoms with E-state index in [1.165, 1.54) is 0 Å². The molecule has 1 unspecified atom stereocenters. The van der Waals surface area contributed by atoms with Crippen LogP contribution in [0.4, 0.5) is 35.1 Å². The van der Waals surface area contributed by atoms with Crippen LogP contribution in [0.15, 0.2) is 0 Å². The molecular formula is C3HF8O4P. The average molecular weight is 284 g/mol. The van der Waals surface area contributed by atoms with Crippen molar-refractivity contribution < 1.29 is 53.6 Å². The number of halogens is 8. The van der Waals surface area contributed by atoms with Crippen LogP contribution in [0.5, 0.6) is 0 Å². The molecule has 0 aliphatic heterocycles. The van der Waals surface area contributed by atoms with E-state index in [-0.39, 0.29) is 0 Å². The maximum atomic E-state index is 11.9. The highest BCUT2D eigenvalue weighted by atomic mass is 31.2. The number of hydrogen-bond donors (Lipinski definition) is 1. The second-order valence-corrected chi connectivity index (χ2v) is 3.41. The van der Waals surface area contributed by atoms with E-state index >= 15 is 0 Å². The quantitative estimate of drug-likeness (QED) is 0.639. The fourth-order valence-corrected chi connectivity index (χ4v) is 1.04. The first-order chi connectivity index (χ1) is 6.66. The van der Waals surface area contributed by atoms with Gasteiger partial charge in [-0.3, -0.25) is 0 Å². The third-order valence-corrected chi connectivity index (χ3v) is 1.68. The van der Waals surface area contributed by atoms with Crippen molar-refractivity contribution in [2.45, 2.75) is 18.6 Å². The Morgan fingerprint density at radius 1 is 0.875 bits per heavy atom. The third kappa shape index (κ3) is 5.05. The SMILES string of the molecule is O=P(O)(OC(F)(F)F)OC(F)(F)C(F)(F)F. The lowest BCUT2D eigenvalue weighted by Gasteiger charge is -2.21. The Morgan fingerprint density at radius 2 is 1.25 bits per heavy atom. The standard InChI is InChI=1S/C3HF8O4P/c4-1(5,6)2(7,8)14-16(12,13)15-3(9,10)11/h(H,12,13).